The van der Waals surface area contributed by atoms with Crippen molar-refractivity contribution < 1.29 is 9.53 Å². The van der Waals surface area contributed by atoms with Crippen molar-refractivity contribution in [1.29, 1.82) is 0 Å². The molecule has 0 saturated carbocycles. The van der Waals surface area contributed by atoms with E-state index in [0.29, 0.717) is 0 Å². The summed E-state index contributed by atoms with van der Waals surface area (Å²) in [6.07, 6.45) is 0.988. The minimum absolute atomic E-state index is 0.0478. The highest BCUT2D eigenvalue weighted by Gasteiger charge is 2.34. The van der Waals surface area contributed by atoms with E-state index in [1.165, 1.54) is 16.7 Å². The summed E-state index contributed by atoms with van der Waals surface area (Å²) >= 11 is 0. The zero-order valence-corrected chi connectivity index (χ0v) is 17.0. The Morgan fingerprint density at radius 2 is 2.00 bits per heavy atom. The molecule has 2 aliphatic heterocycles. The molecule has 1 atom stereocenters. The van der Waals surface area contributed by atoms with E-state index >= 15 is 0 Å². The number of nitrogens with zero attached hydrogens (tertiary/aromatic N) is 2. The molecule has 1 saturated heterocycles. The van der Waals surface area contributed by atoms with Crippen molar-refractivity contribution in [3.8, 4) is 16.9 Å². The molecule has 0 bridgehead atoms. The lowest BCUT2D eigenvalue weighted by Crippen LogP contribution is -2.46. The lowest BCUT2D eigenvalue weighted by atomic mass is 10.0. The highest BCUT2D eigenvalue weighted by molar-refractivity contribution is 5.74. The highest BCUT2D eigenvalue weighted by atomic mass is 16.5. The minimum atomic E-state index is -0.120. The third kappa shape index (κ3) is 3.99. The van der Waals surface area contributed by atoms with Crippen LogP contribution < -0.4 is 15.0 Å². The number of hydrogen-bond donors (Lipinski definition) is 1. The molecular formula is C23H29N3O2. The molecule has 5 heteroatoms. The maximum atomic E-state index is 11.5. The summed E-state index contributed by atoms with van der Waals surface area (Å²) in [7, 11) is 2.10. The highest BCUT2D eigenvalue weighted by Crippen LogP contribution is 2.35. The van der Waals surface area contributed by atoms with E-state index in [0.717, 1.165) is 50.6 Å². The van der Waals surface area contributed by atoms with Crippen LogP contribution in [0.2, 0.25) is 0 Å². The Kier molecular flexibility index (Phi) is 5.02. The number of rotatable bonds is 4. The third-order valence-corrected chi connectivity index (χ3v) is 5.75. The lowest BCUT2D eigenvalue weighted by molar-refractivity contribution is -0.120. The average Bonchev–Trinajstić information content (AvgIpc) is 3.01. The van der Waals surface area contributed by atoms with E-state index in [1.54, 1.807) is 6.92 Å². The molecule has 0 radical (unpaired) electrons. The van der Waals surface area contributed by atoms with Gasteiger partial charge in [0.15, 0.2) is 0 Å². The zero-order chi connectivity index (χ0) is 19.7. The van der Waals surface area contributed by atoms with E-state index < -0.39 is 0 Å². The van der Waals surface area contributed by atoms with Gasteiger partial charge in [-0.3, -0.25) is 9.69 Å². The van der Waals surface area contributed by atoms with Gasteiger partial charge < -0.3 is 15.0 Å². The number of carbonyl (C=O) groups excluding carboxylic acids is 1. The number of ether oxygens (including phenoxy) is 1. The number of benzene rings is 2. The second-order valence-corrected chi connectivity index (χ2v) is 8.36. The molecule has 0 aliphatic carbocycles. The first-order valence-electron chi connectivity index (χ1n) is 10.0. The van der Waals surface area contributed by atoms with Gasteiger partial charge in [-0.25, -0.2) is 0 Å². The molecule has 28 heavy (non-hydrogen) atoms. The molecule has 4 rings (SSSR count). The van der Waals surface area contributed by atoms with Crippen molar-refractivity contribution in [3.05, 3.63) is 48.0 Å². The van der Waals surface area contributed by atoms with Crippen molar-refractivity contribution in [2.24, 2.45) is 0 Å². The molecule has 1 N–H and O–H groups in total. The van der Waals surface area contributed by atoms with Gasteiger partial charge >= 0.3 is 0 Å². The summed E-state index contributed by atoms with van der Waals surface area (Å²) in [6.45, 7) is 8.17. The van der Waals surface area contributed by atoms with Crippen molar-refractivity contribution in [1.82, 2.24) is 10.2 Å². The van der Waals surface area contributed by atoms with Gasteiger partial charge in [-0.1, -0.05) is 24.3 Å². The van der Waals surface area contributed by atoms with Crippen molar-refractivity contribution >= 4 is 11.6 Å². The van der Waals surface area contributed by atoms with Crippen molar-refractivity contribution in [2.45, 2.75) is 32.4 Å². The molecule has 2 heterocycles. The Hall–Kier alpha value is -2.53. The van der Waals surface area contributed by atoms with Gasteiger partial charge in [0.25, 0.3) is 0 Å². The summed E-state index contributed by atoms with van der Waals surface area (Å²) in [5.74, 6) is 1.01. The van der Waals surface area contributed by atoms with Crippen LogP contribution in [0.3, 0.4) is 0 Å². The number of carbonyl (C=O) groups is 1. The first-order valence-corrected chi connectivity index (χ1v) is 10.0. The molecule has 5 nitrogen and oxygen atoms in total. The molecule has 0 spiro atoms. The van der Waals surface area contributed by atoms with Crippen LogP contribution in [-0.2, 0) is 11.3 Å². The maximum absolute atomic E-state index is 11.5. The summed E-state index contributed by atoms with van der Waals surface area (Å²) in [6, 6.07) is 15.2. The predicted molar refractivity (Wildman–Crippen MR) is 113 cm³/mol. The van der Waals surface area contributed by atoms with Crippen molar-refractivity contribution in [3.63, 3.8) is 0 Å². The van der Waals surface area contributed by atoms with Crippen LogP contribution in [0.15, 0.2) is 42.5 Å². The van der Waals surface area contributed by atoms with Gasteiger partial charge in [-0.05, 0) is 48.2 Å². The van der Waals surface area contributed by atoms with Gasteiger partial charge in [-0.15, -0.1) is 0 Å². The number of fused-ring (bicyclic) bond motifs is 1. The van der Waals surface area contributed by atoms with E-state index in [-0.39, 0.29) is 11.4 Å². The molecule has 1 fully saturated rings. The standard InChI is InChI=1S/C23H29N3O2/c1-17(27)24-23(2)9-10-26(16-23)15-18-5-4-6-19(13-18)20-7-8-21-22(14-20)28-12-11-25(21)3/h4-8,13-14H,9-12,15-16H2,1-3H3,(H,24,27). The summed E-state index contributed by atoms with van der Waals surface area (Å²) < 4.78 is 5.86. The van der Waals surface area contributed by atoms with E-state index in [2.05, 4.69) is 71.6 Å². The number of amides is 1. The van der Waals surface area contributed by atoms with Crippen molar-refractivity contribution in [2.75, 3.05) is 38.2 Å². The van der Waals surface area contributed by atoms with Gasteiger partial charge in [0.2, 0.25) is 5.91 Å². The molecule has 148 valence electrons. The second-order valence-electron chi connectivity index (χ2n) is 8.36. The Bertz CT molecular complexity index is 882. The quantitative estimate of drug-likeness (QED) is 0.886. The van der Waals surface area contributed by atoms with Gasteiger partial charge in [0.1, 0.15) is 12.4 Å². The van der Waals surface area contributed by atoms with Gasteiger partial charge in [-0.2, -0.15) is 0 Å². The van der Waals surface area contributed by atoms with Crippen LogP contribution in [0.25, 0.3) is 11.1 Å². The zero-order valence-electron chi connectivity index (χ0n) is 17.0. The molecular weight excluding hydrogens is 350 g/mol. The fraction of sp³-hybridized carbons (Fsp3) is 0.435. The molecule has 2 aliphatic rings. The van der Waals surface area contributed by atoms with Crippen LogP contribution in [0.1, 0.15) is 25.8 Å². The Morgan fingerprint density at radius 3 is 2.82 bits per heavy atom. The summed E-state index contributed by atoms with van der Waals surface area (Å²) in [5.41, 5.74) is 4.72. The second kappa shape index (κ2) is 7.47. The predicted octanol–water partition coefficient (Wildman–Crippen LogP) is 3.28. The first kappa shape index (κ1) is 18.8. The van der Waals surface area contributed by atoms with Crippen LogP contribution in [0.5, 0.6) is 5.75 Å². The van der Waals surface area contributed by atoms with Gasteiger partial charge in [0.05, 0.1) is 17.8 Å². The minimum Gasteiger partial charge on any atom is -0.490 e. The first-order chi connectivity index (χ1) is 13.4. The topological polar surface area (TPSA) is 44.8 Å². The SMILES string of the molecule is CC(=O)NC1(C)CCN(Cc2cccc(-c3ccc4c(c3)OCCN4C)c2)C1. The molecule has 2 aromatic carbocycles. The fourth-order valence-corrected chi connectivity index (χ4v) is 4.36. The number of anilines is 1. The van der Waals surface area contributed by atoms with Crippen LogP contribution in [0, 0.1) is 0 Å². The molecule has 1 unspecified atom stereocenters. The summed E-state index contributed by atoms with van der Waals surface area (Å²) in [4.78, 5) is 16.1. The van der Waals surface area contributed by atoms with Crippen LogP contribution in [-0.4, -0.2) is 49.6 Å². The number of hydrogen-bond acceptors (Lipinski definition) is 4. The Labute approximate surface area is 167 Å². The third-order valence-electron chi connectivity index (χ3n) is 5.75. The smallest absolute Gasteiger partial charge is 0.217 e. The van der Waals surface area contributed by atoms with Crippen LogP contribution in [0.4, 0.5) is 5.69 Å². The summed E-state index contributed by atoms with van der Waals surface area (Å²) in [5, 5.41) is 3.11. The normalized spacial score (nSPS) is 21.9. The number of likely N-dealkylation sites (N-methyl/N-ethyl adjacent to an activating group) is 1. The van der Waals surface area contributed by atoms with Gasteiger partial charge in [0, 0.05) is 33.6 Å². The molecule has 0 aromatic heterocycles. The largest absolute Gasteiger partial charge is 0.490 e. The molecule has 2 aromatic rings. The Balaban J connectivity index is 1.49. The maximum Gasteiger partial charge on any atom is 0.217 e. The average molecular weight is 380 g/mol. The van der Waals surface area contributed by atoms with Crippen LogP contribution >= 0.6 is 0 Å². The van der Waals surface area contributed by atoms with E-state index in [9.17, 15) is 4.79 Å². The molecule has 1 amide bonds. The number of likely N-dealkylation sites (tertiary alicyclic amines) is 1. The van der Waals surface area contributed by atoms with E-state index in [4.69, 9.17) is 4.74 Å². The Morgan fingerprint density at radius 1 is 1.18 bits per heavy atom. The monoisotopic (exact) mass is 379 g/mol. The lowest BCUT2D eigenvalue weighted by Gasteiger charge is -2.28. The van der Waals surface area contributed by atoms with E-state index in [1.807, 2.05) is 0 Å². The number of nitrogens with one attached hydrogen (secondary N) is 1. The fourth-order valence-electron chi connectivity index (χ4n) is 4.36.